The Hall–Kier alpha value is -3.16. The van der Waals surface area contributed by atoms with Gasteiger partial charge in [-0.1, -0.05) is 6.07 Å². The molecular weight excluding hydrogens is 353 g/mol. The first-order valence-corrected chi connectivity index (χ1v) is 8.56. The van der Waals surface area contributed by atoms with E-state index in [4.69, 9.17) is 4.74 Å². The quantitative estimate of drug-likeness (QED) is 0.641. The van der Waals surface area contributed by atoms with Gasteiger partial charge in [0.1, 0.15) is 17.3 Å². The third kappa shape index (κ3) is 3.84. The maximum absolute atomic E-state index is 14.4. The van der Waals surface area contributed by atoms with Crippen LogP contribution in [0.1, 0.15) is 17.5 Å². The van der Waals surface area contributed by atoms with Gasteiger partial charge in [-0.3, -0.25) is 14.9 Å². The molecule has 2 aromatic carbocycles. The first-order valence-electron chi connectivity index (χ1n) is 8.56. The molecule has 142 valence electrons. The van der Waals surface area contributed by atoms with Crippen molar-refractivity contribution < 1.29 is 18.8 Å². The SMILES string of the molecule is COc1ccc(NC(=O)CN2CCCc3c(C)ccc(F)c32)c([N+](=O)[O-])c1. The predicted molar refractivity (Wildman–Crippen MR) is 99.9 cm³/mol. The van der Waals surface area contributed by atoms with E-state index in [0.717, 1.165) is 24.0 Å². The van der Waals surface area contributed by atoms with Crippen LogP contribution in [0, 0.1) is 22.9 Å². The van der Waals surface area contributed by atoms with Gasteiger partial charge in [0.2, 0.25) is 5.91 Å². The second-order valence-corrected chi connectivity index (χ2v) is 6.40. The number of nitrogens with one attached hydrogen (secondary N) is 1. The summed E-state index contributed by atoms with van der Waals surface area (Å²) < 4.78 is 19.3. The van der Waals surface area contributed by atoms with Crippen LogP contribution in [0.5, 0.6) is 5.75 Å². The van der Waals surface area contributed by atoms with Gasteiger partial charge >= 0.3 is 0 Å². The van der Waals surface area contributed by atoms with Crippen LogP contribution in [-0.2, 0) is 11.2 Å². The fourth-order valence-corrected chi connectivity index (χ4v) is 3.34. The minimum absolute atomic E-state index is 0.0766. The van der Waals surface area contributed by atoms with Crippen LogP contribution in [0.2, 0.25) is 0 Å². The molecule has 1 aliphatic rings. The number of halogens is 1. The van der Waals surface area contributed by atoms with E-state index in [-0.39, 0.29) is 23.7 Å². The molecule has 0 fully saturated rings. The summed E-state index contributed by atoms with van der Waals surface area (Å²) in [5.74, 6) is -0.488. The van der Waals surface area contributed by atoms with Crippen LogP contribution in [0.3, 0.4) is 0 Å². The molecule has 0 unspecified atom stereocenters. The number of aryl methyl sites for hydroxylation is 1. The Morgan fingerprint density at radius 3 is 2.85 bits per heavy atom. The topological polar surface area (TPSA) is 84.7 Å². The van der Waals surface area contributed by atoms with Gasteiger partial charge in [0, 0.05) is 6.54 Å². The Labute approximate surface area is 155 Å². The maximum Gasteiger partial charge on any atom is 0.296 e. The second kappa shape index (κ2) is 7.61. The van der Waals surface area contributed by atoms with Crippen molar-refractivity contribution in [2.75, 3.05) is 30.4 Å². The van der Waals surface area contributed by atoms with Crippen LogP contribution in [0.25, 0.3) is 0 Å². The molecule has 7 nitrogen and oxygen atoms in total. The number of nitrogens with zero attached hydrogens (tertiary/aromatic N) is 2. The van der Waals surface area contributed by atoms with E-state index in [1.807, 2.05) is 6.92 Å². The molecule has 27 heavy (non-hydrogen) atoms. The number of nitro benzene ring substituents is 1. The average molecular weight is 373 g/mol. The molecule has 2 aromatic rings. The lowest BCUT2D eigenvalue weighted by molar-refractivity contribution is -0.384. The molecule has 0 atom stereocenters. The summed E-state index contributed by atoms with van der Waals surface area (Å²) in [7, 11) is 1.40. The number of anilines is 2. The van der Waals surface area contributed by atoms with E-state index in [0.29, 0.717) is 18.0 Å². The van der Waals surface area contributed by atoms with E-state index >= 15 is 0 Å². The monoisotopic (exact) mass is 373 g/mol. The predicted octanol–water partition coefficient (Wildman–Crippen LogP) is 3.44. The Balaban J connectivity index is 1.81. The van der Waals surface area contributed by atoms with Crippen molar-refractivity contribution in [2.45, 2.75) is 19.8 Å². The zero-order valence-electron chi connectivity index (χ0n) is 15.1. The van der Waals surface area contributed by atoms with Gasteiger partial charge in [0.05, 0.1) is 30.3 Å². The minimum Gasteiger partial charge on any atom is -0.496 e. The maximum atomic E-state index is 14.4. The summed E-state index contributed by atoms with van der Waals surface area (Å²) in [6, 6.07) is 7.33. The Morgan fingerprint density at radius 2 is 2.15 bits per heavy atom. The molecule has 1 N–H and O–H groups in total. The number of fused-ring (bicyclic) bond motifs is 1. The van der Waals surface area contributed by atoms with Gasteiger partial charge < -0.3 is 15.0 Å². The summed E-state index contributed by atoms with van der Waals surface area (Å²) in [4.78, 5) is 24.8. The number of benzene rings is 2. The molecule has 0 aliphatic carbocycles. The molecule has 0 spiro atoms. The standard InChI is InChI=1S/C19H20FN3O4/c1-12-5-7-15(20)19-14(12)4-3-9-22(19)11-18(24)21-16-8-6-13(27-2)10-17(16)23(25)26/h5-8,10H,3-4,9,11H2,1-2H3,(H,21,24). The second-order valence-electron chi connectivity index (χ2n) is 6.40. The van der Waals surface area contributed by atoms with Gasteiger partial charge in [-0.15, -0.1) is 0 Å². The van der Waals surface area contributed by atoms with E-state index < -0.39 is 10.8 Å². The van der Waals surface area contributed by atoms with Gasteiger partial charge in [0.15, 0.2) is 0 Å². The molecule has 3 rings (SSSR count). The highest BCUT2D eigenvalue weighted by atomic mass is 19.1. The molecule has 1 amide bonds. The number of hydrogen-bond acceptors (Lipinski definition) is 5. The van der Waals surface area contributed by atoms with Crippen molar-refractivity contribution in [1.29, 1.82) is 0 Å². The fourth-order valence-electron chi connectivity index (χ4n) is 3.34. The van der Waals surface area contributed by atoms with E-state index in [9.17, 15) is 19.3 Å². The number of nitro groups is 1. The average Bonchev–Trinajstić information content (AvgIpc) is 2.65. The highest BCUT2D eigenvalue weighted by Crippen LogP contribution is 2.33. The normalized spacial score (nSPS) is 13.1. The third-order valence-corrected chi connectivity index (χ3v) is 4.65. The minimum atomic E-state index is -0.586. The smallest absolute Gasteiger partial charge is 0.296 e. The molecule has 0 saturated carbocycles. The molecule has 0 radical (unpaired) electrons. The van der Waals surface area contributed by atoms with Crippen molar-refractivity contribution in [3.63, 3.8) is 0 Å². The summed E-state index contributed by atoms with van der Waals surface area (Å²) in [5.41, 5.74) is 2.16. The lowest BCUT2D eigenvalue weighted by Gasteiger charge is -2.32. The zero-order valence-corrected chi connectivity index (χ0v) is 15.1. The van der Waals surface area contributed by atoms with E-state index in [2.05, 4.69) is 5.32 Å². The first-order chi connectivity index (χ1) is 12.9. The summed E-state index contributed by atoms with van der Waals surface area (Å²) >= 11 is 0. The number of carbonyl (C=O) groups excluding carboxylic acids is 1. The van der Waals surface area contributed by atoms with Crippen molar-refractivity contribution in [2.24, 2.45) is 0 Å². The number of ether oxygens (including phenoxy) is 1. The Morgan fingerprint density at radius 1 is 1.37 bits per heavy atom. The van der Waals surface area contributed by atoms with Crippen LogP contribution < -0.4 is 15.0 Å². The first kappa shape index (κ1) is 18.6. The largest absolute Gasteiger partial charge is 0.496 e. The Bertz CT molecular complexity index is 901. The molecule has 1 heterocycles. The van der Waals surface area contributed by atoms with Gasteiger partial charge in [-0.25, -0.2) is 4.39 Å². The lowest BCUT2D eigenvalue weighted by Crippen LogP contribution is -2.37. The van der Waals surface area contributed by atoms with Crippen molar-refractivity contribution in [3.05, 3.63) is 57.4 Å². The van der Waals surface area contributed by atoms with E-state index in [1.54, 1.807) is 11.0 Å². The summed E-state index contributed by atoms with van der Waals surface area (Å²) in [6.07, 6.45) is 1.58. The van der Waals surface area contributed by atoms with Crippen molar-refractivity contribution in [3.8, 4) is 5.75 Å². The lowest BCUT2D eigenvalue weighted by atomic mass is 9.96. The zero-order chi connectivity index (χ0) is 19.6. The fraction of sp³-hybridized carbons (Fsp3) is 0.316. The highest BCUT2D eigenvalue weighted by Gasteiger charge is 2.25. The van der Waals surface area contributed by atoms with Gasteiger partial charge in [-0.05, 0) is 49.1 Å². The highest BCUT2D eigenvalue weighted by molar-refractivity contribution is 5.96. The third-order valence-electron chi connectivity index (χ3n) is 4.65. The molecule has 1 aliphatic heterocycles. The molecule has 0 saturated heterocycles. The summed E-state index contributed by atoms with van der Waals surface area (Å²) in [5, 5.41) is 13.8. The number of hydrogen-bond donors (Lipinski definition) is 1. The summed E-state index contributed by atoms with van der Waals surface area (Å²) in [6.45, 7) is 2.38. The van der Waals surface area contributed by atoms with Crippen LogP contribution in [-0.4, -0.2) is 31.0 Å². The van der Waals surface area contributed by atoms with Gasteiger partial charge in [0.25, 0.3) is 5.69 Å². The molecular formula is C19H20FN3O4. The number of carbonyl (C=O) groups is 1. The number of rotatable bonds is 5. The van der Waals surface area contributed by atoms with Crippen molar-refractivity contribution in [1.82, 2.24) is 0 Å². The number of amides is 1. The van der Waals surface area contributed by atoms with Crippen molar-refractivity contribution >= 4 is 23.0 Å². The van der Waals surface area contributed by atoms with Crippen LogP contribution >= 0.6 is 0 Å². The Kier molecular flexibility index (Phi) is 5.25. The number of methoxy groups -OCH3 is 1. The van der Waals surface area contributed by atoms with Crippen LogP contribution in [0.15, 0.2) is 30.3 Å². The van der Waals surface area contributed by atoms with Gasteiger partial charge in [-0.2, -0.15) is 0 Å². The molecule has 0 aromatic heterocycles. The molecule has 8 heteroatoms. The van der Waals surface area contributed by atoms with E-state index in [1.165, 1.54) is 31.4 Å². The molecule has 0 bridgehead atoms. The van der Waals surface area contributed by atoms with Crippen LogP contribution in [0.4, 0.5) is 21.5 Å².